The van der Waals surface area contributed by atoms with Crippen molar-refractivity contribution >= 4 is 11.1 Å². The minimum atomic E-state index is 0.776. The maximum Gasteiger partial charge on any atom is -0.0153 e. The first-order chi connectivity index (χ1) is 9.93. The topological polar surface area (TPSA) is 0 Å². The van der Waals surface area contributed by atoms with Gasteiger partial charge in [-0.15, -0.1) is 0 Å². The smallest absolute Gasteiger partial charge is 0.0153 e. The first-order valence-corrected chi connectivity index (χ1v) is 7.78. The molecule has 3 aliphatic rings. The molecular formula is C20H20. The average molecular weight is 260 g/mol. The van der Waals surface area contributed by atoms with Crippen molar-refractivity contribution in [2.75, 3.05) is 0 Å². The van der Waals surface area contributed by atoms with Gasteiger partial charge < -0.3 is 0 Å². The Morgan fingerprint density at radius 2 is 0.850 bits per heavy atom. The third-order valence-corrected chi connectivity index (χ3v) is 5.00. The predicted octanol–water partition coefficient (Wildman–Crippen LogP) is 5.42. The van der Waals surface area contributed by atoms with Crippen LogP contribution in [0.3, 0.4) is 0 Å². The Kier molecular flexibility index (Phi) is 2.95. The second kappa shape index (κ2) is 4.94. The van der Waals surface area contributed by atoms with E-state index in [4.69, 9.17) is 0 Å². The van der Waals surface area contributed by atoms with Gasteiger partial charge in [0.15, 0.2) is 0 Å². The molecule has 0 atom stereocenters. The maximum absolute atomic E-state index is 2.29. The zero-order chi connectivity index (χ0) is 13.4. The number of hydrogen-bond donors (Lipinski definition) is 0. The van der Waals surface area contributed by atoms with Crippen LogP contribution < -0.4 is 0 Å². The van der Waals surface area contributed by atoms with Gasteiger partial charge in [-0.1, -0.05) is 60.7 Å². The van der Waals surface area contributed by atoms with E-state index in [1.807, 2.05) is 0 Å². The minimum absolute atomic E-state index is 0.776. The first kappa shape index (κ1) is 12.0. The predicted molar refractivity (Wildman–Crippen MR) is 85.1 cm³/mol. The second-order valence-electron chi connectivity index (χ2n) is 6.11. The van der Waals surface area contributed by atoms with Gasteiger partial charge in [0.2, 0.25) is 0 Å². The fraction of sp³-hybridized carbons (Fsp3) is 0.300. The van der Waals surface area contributed by atoms with Crippen LogP contribution in [0.1, 0.15) is 36.8 Å². The van der Waals surface area contributed by atoms with Gasteiger partial charge in [0.25, 0.3) is 0 Å². The molecule has 0 unspecified atom stereocenters. The summed E-state index contributed by atoms with van der Waals surface area (Å²) in [4.78, 5) is 0. The highest BCUT2D eigenvalue weighted by Crippen LogP contribution is 2.52. The Labute approximate surface area is 121 Å². The molecule has 20 heavy (non-hydrogen) atoms. The van der Waals surface area contributed by atoms with E-state index in [2.05, 4.69) is 60.7 Å². The van der Waals surface area contributed by atoms with Crippen LogP contribution in [0.2, 0.25) is 0 Å². The Morgan fingerprint density at radius 1 is 0.500 bits per heavy atom. The van der Waals surface area contributed by atoms with Crippen molar-refractivity contribution in [2.45, 2.75) is 25.7 Å². The van der Waals surface area contributed by atoms with Crippen molar-refractivity contribution in [1.29, 1.82) is 0 Å². The number of fused-ring (bicyclic) bond motifs is 2. The van der Waals surface area contributed by atoms with Crippen molar-refractivity contribution in [1.82, 2.24) is 0 Å². The largest absolute Gasteiger partial charge is 0.0622 e. The summed E-state index contributed by atoms with van der Waals surface area (Å²) in [7, 11) is 0. The summed E-state index contributed by atoms with van der Waals surface area (Å²) < 4.78 is 0. The maximum atomic E-state index is 2.29. The molecule has 0 N–H and O–H groups in total. The van der Waals surface area contributed by atoms with E-state index in [1.54, 1.807) is 11.1 Å². The van der Waals surface area contributed by atoms with Gasteiger partial charge in [-0.05, 0) is 59.8 Å². The van der Waals surface area contributed by atoms with Crippen LogP contribution >= 0.6 is 0 Å². The number of rotatable bonds is 2. The Balaban J connectivity index is 1.93. The number of hydrogen-bond acceptors (Lipinski definition) is 0. The van der Waals surface area contributed by atoms with Crippen LogP contribution in [0.25, 0.3) is 11.1 Å². The van der Waals surface area contributed by atoms with E-state index in [0.29, 0.717) is 0 Å². The van der Waals surface area contributed by atoms with E-state index >= 15 is 0 Å². The standard InChI is InChI=1S/C20H20/c1-3-7-15(8-4-1)19-17-11-13-18(14-12-17)20(19)16-9-5-2-6-10-16/h1-10,17-18H,11-14H2. The monoisotopic (exact) mass is 260 g/mol. The summed E-state index contributed by atoms with van der Waals surface area (Å²) in [5, 5.41) is 0. The van der Waals surface area contributed by atoms with Crippen molar-refractivity contribution in [3.05, 3.63) is 71.8 Å². The molecule has 2 aromatic rings. The van der Waals surface area contributed by atoms with Gasteiger partial charge in [-0.25, -0.2) is 0 Å². The summed E-state index contributed by atoms with van der Waals surface area (Å²) in [6.07, 6.45) is 5.52. The highest BCUT2D eigenvalue weighted by molar-refractivity contribution is 5.94. The molecular weight excluding hydrogens is 240 g/mol. The van der Waals surface area contributed by atoms with E-state index in [0.717, 1.165) is 11.8 Å². The minimum Gasteiger partial charge on any atom is -0.0622 e. The summed E-state index contributed by atoms with van der Waals surface area (Å²) >= 11 is 0. The van der Waals surface area contributed by atoms with Crippen molar-refractivity contribution < 1.29 is 0 Å². The molecule has 1 fully saturated rings. The Hall–Kier alpha value is -1.82. The zero-order valence-electron chi connectivity index (χ0n) is 11.8. The fourth-order valence-electron chi connectivity index (χ4n) is 4.13. The lowest BCUT2D eigenvalue weighted by atomic mass is 9.64. The summed E-state index contributed by atoms with van der Waals surface area (Å²) in [5.41, 5.74) is 6.17. The Bertz CT molecular complexity index is 556. The molecule has 0 aliphatic heterocycles. The van der Waals surface area contributed by atoms with Crippen molar-refractivity contribution in [2.24, 2.45) is 11.8 Å². The molecule has 2 aromatic carbocycles. The van der Waals surface area contributed by atoms with Gasteiger partial charge >= 0.3 is 0 Å². The second-order valence-corrected chi connectivity index (χ2v) is 6.11. The molecule has 0 spiro atoms. The molecule has 0 nitrogen and oxygen atoms in total. The fourth-order valence-corrected chi connectivity index (χ4v) is 4.13. The lowest BCUT2D eigenvalue weighted by molar-refractivity contribution is 0.351. The van der Waals surface area contributed by atoms with Gasteiger partial charge in [-0.3, -0.25) is 0 Å². The van der Waals surface area contributed by atoms with Gasteiger partial charge in [0.1, 0.15) is 0 Å². The van der Waals surface area contributed by atoms with Gasteiger partial charge in [-0.2, -0.15) is 0 Å². The van der Waals surface area contributed by atoms with E-state index in [1.165, 1.54) is 36.8 Å². The van der Waals surface area contributed by atoms with Crippen LogP contribution in [-0.2, 0) is 0 Å². The van der Waals surface area contributed by atoms with Crippen molar-refractivity contribution in [3.63, 3.8) is 0 Å². The van der Waals surface area contributed by atoms with E-state index < -0.39 is 0 Å². The summed E-state index contributed by atoms with van der Waals surface area (Å²) in [6.45, 7) is 0. The average Bonchev–Trinajstić information content (AvgIpc) is 2.57. The zero-order valence-corrected chi connectivity index (χ0v) is 11.8. The van der Waals surface area contributed by atoms with Crippen molar-refractivity contribution in [3.8, 4) is 0 Å². The van der Waals surface area contributed by atoms with Crippen LogP contribution in [0.15, 0.2) is 60.7 Å². The SMILES string of the molecule is c1ccc(C2=C(c3ccccc3)C3CCC2CC3)cc1. The van der Waals surface area contributed by atoms with Crippen LogP contribution in [0.4, 0.5) is 0 Å². The van der Waals surface area contributed by atoms with Crippen LogP contribution in [0.5, 0.6) is 0 Å². The van der Waals surface area contributed by atoms with Gasteiger partial charge in [0.05, 0.1) is 0 Å². The molecule has 2 bridgehead atoms. The first-order valence-electron chi connectivity index (χ1n) is 7.78. The molecule has 0 heteroatoms. The number of allylic oxidation sites excluding steroid dienone is 2. The Morgan fingerprint density at radius 3 is 1.20 bits per heavy atom. The molecule has 0 saturated heterocycles. The quantitative estimate of drug-likeness (QED) is 0.676. The molecule has 100 valence electrons. The molecule has 1 saturated carbocycles. The highest BCUT2D eigenvalue weighted by atomic mass is 14.4. The lowest BCUT2D eigenvalue weighted by Crippen LogP contribution is -2.25. The van der Waals surface area contributed by atoms with Crippen LogP contribution in [-0.4, -0.2) is 0 Å². The van der Waals surface area contributed by atoms with E-state index in [-0.39, 0.29) is 0 Å². The molecule has 3 aliphatic carbocycles. The normalized spacial score (nSPS) is 25.0. The molecule has 0 amide bonds. The highest BCUT2D eigenvalue weighted by Gasteiger charge is 2.35. The molecule has 0 radical (unpaired) electrons. The molecule has 0 aromatic heterocycles. The lowest BCUT2D eigenvalue weighted by Gasteiger charge is -2.41. The van der Waals surface area contributed by atoms with Crippen LogP contribution in [0, 0.1) is 11.8 Å². The van der Waals surface area contributed by atoms with E-state index in [9.17, 15) is 0 Å². The van der Waals surface area contributed by atoms with Gasteiger partial charge in [0, 0.05) is 0 Å². The summed E-state index contributed by atoms with van der Waals surface area (Å²) in [5.74, 6) is 1.55. The molecule has 5 rings (SSSR count). The summed E-state index contributed by atoms with van der Waals surface area (Å²) in [6, 6.07) is 22.1. The third kappa shape index (κ3) is 1.91. The number of benzene rings is 2. The third-order valence-electron chi connectivity index (χ3n) is 5.00. The molecule has 0 heterocycles.